The average Bonchev–Trinajstić information content (AvgIpc) is 2.89. The molecule has 2 aromatic rings. The molecule has 2 aromatic carbocycles. The third-order valence-electron chi connectivity index (χ3n) is 4.88. The summed E-state index contributed by atoms with van der Waals surface area (Å²) >= 11 is 0. The molecule has 2 rings (SSSR count). The molecule has 39 heavy (non-hydrogen) atoms. The van der Waals surface area contributed by atoms with Crippen LogP contribution in [0, 0.1) is 0 Å². The van der Waals surface area contributed by atoms with Gasteiger partial charge >= 0.3 is 0 Å². The predicted molar refractivity (Wildman–Crippen MR) is 147 cm³/mol. The Bertz CT molecular complexity index is 960. The molecule has 0 heterocycles. The number of methoxy groups -OCH3 is 6. The second kappa shape index (κ2) is 19.2. The molecule has 0 bridgehead atoms. The largest absolute Gasteiger partial charge is 0.493 e. The highest BCUT2D eigenvalue weighted by atomic mass is 16.5. The summed E-state index contributed by atoms with van der Waals surface area (Å²) in [5, 5.41) is 21.8. The molecule has 0 saturated heterocycles. The highest BCUT2D eigenvalue weighted by Gasteiger charge is 2.15. The molecule has 220 valence electrons. The average molecular weight is 555 g/mol. The lowest BCUT2D eigenvalue weighted by Crippen LogP contribution is -2.35. The lowest BCUT2D eigenvalue weighted by Gasteiger charge is -2.18. The molecular formula is C27H42N2O10. The maximum absolute atomic E-state index is 9.00. The van der Waals surface area contributed by atoms with Crippen LogP contribution in [0.1, 0.15) is 31.9 Å². The van der Waals surface area contributed by atoms with Gasteiger partial charge in [0.1, 0.15) is 0 Å². The van der Waals surface area contributed by atoms with E-state index in [1.54, 1.807) is 42.7 Å². The first kappa shape index (κ1) is 35.1. The van der Waals surface area contributed by atoms with E-state index in [2.05, 4.69) is 17.6 Å². The minimum Gasteiger partial charge on any atom is -0.493 e. The Kier molecular flexibility index (Phi) is 17.3. The highest BCUT2D eigenvalue weighted by molar-refractivity contribution is 5.63. The summed E-state index contributed by atoms with van der Waals surface area (Å²) in [7, 11) is 9.65. The third-order valence-corrected chi connectivity index (χ3v) is 4.88. The first-order chi connectivity index (χ1) is 18.5. The maximum atomic E-state index is 9.00. The molecule has 1 atom stereocenters. The van der Waals surface area contributed by atoms with Gasteiger partial charge in [0.2, 0.25) is 11.5 Å². The number of rotatable bonds is 13. The molecule has 0 aliphatic carbocycles. The number of hydrogen-bond acceptors (Lipinski definition) is 10. The van der Waals surface area contributed by atoms with E-state index >= 15 is 0 Å². The summed E-state index contributed by atoms with van der Waals surface area (Å²) in [6.45, 7) is 6.41. The van der Waals surface area contributed by atoms with Crippen molar-refractivity contribution in [2.75, 3.05) is 49.2 Å². The van der Waals surface area contributed by atoms with E-state index in [9.17, 15) is 0 Å². The van der Waals surface area contributed by atoms with E-state index in [0.717, 1.165) is 31.5 Å². The van der Waals surface area contributed by atoms with Crippen LogP contribution in [0.2, 0.25) is 0 Å². The lowest BCUT2D eigenvalue weighted by atomic mass is 10.1. The molecule has 0 aliphatic rings. The van der Waals surface area contributed by atoms with Gasteiger partial charge < -0.3 is 49.3 Å². The van der Waals surface area contributed by atoms with Gasteiger partial charge in [-0.15, -0.1) is 0 Å². The molecule has 0 fully saturated rings. The molecule has 0 amide bonds. The van der Waals surface area contributed by atoms with E-state index in [1.807, 2.05) is 24.3 Å². The van der Waals surface area contributed by atoms with Crippen LogP contribution < -0.4 is 39.1 Å². The minimum absolute atomic E-state index is 0.237. The number of hydrogen-bond donors (Lipinski definition) is 4. The second-order valence-corrected chi connectivity index (χ2v) is 8.02. The summed E-state index contributed by atoms with van der Waals surface area (Å²) < 4.78 is 32.4. The third kappa shape index (κ3) is 13.5. The first-order valence-electron chi connectivity index (χ1n) is 11.9. The van der Waals surface area contributed by atoms with E-state index in [1.165, 1.54) is 0 Å². The van der Waals surface area contributed by atoms with Crippen molar-refractivity contribution in [3.05, 3.63) is 35.4 Å². The zero-order chi connectivity index (χ0) is 30.0. The Balaban J connectivity index is 0.00000159. The number of aliphatic carboxylic acids is 2. The number of carboxylic acids is 2. The zero-order valence-electron chi connectivity index (χ0n) is 24.2. The van der Waals surface area contributed by atoms with Crippen molar-refractivity contribution < 1.29 is 48.2 Å². The fraction of sp³-hybridized carbons (Fsp3) is 0.481. The summed E-state index contributed by atoms with van der Waals surface area (Å²) in [6.07, 6.45) is 0. The van der Waals surface area contributed by atoms with Gasteiger partial charge in [-0.3, -0.25) is 9.59 Å². The highest BCUT2D eigenvalue weighted by Crippen LogP contribution is 2.39. The Morgan fingerprint density at radius 3 is 1.26 bits per heavy atom. The van der Waals surface area contributed by atoms with Crippen LogP contribution in [-0.2, 0) is 22.7 Å². The predicted octanol–water partition coefficient (Wildman–Crippen LogP) is 3.19. The molecule has 0 aromatic heterocycles. The van der Waals surface area contributed by atoms with Crippen molar-refractivity contribution in [3.63, 3.8) is 0 Å². The number of benzene rings is 2. The van der Waals surface area contributed by atoms with Crippen molar-refractivity contribution in [1.82, 2.24) is 10.6 Å². The van der Waals surface area contributed by atoms with E-state index in [4.69, 9.17) is 48.2 Å². The zero-order valence-corrected chi connectivity index (χ0v) is 24.2. The molecule has 0 spiro atoms. The summed E-state index contributed by atoms with van der Waals surface area (Å²) in [5.41, 5.74) is 2.09. The monoisotopic (exact) mass is 554 g/mol. The topological polar surface area (TPSA) is 154 Å². The van der Waals surface area contributed by atoms with E-state index < -0.39 is 11.9 Å². The molecule has 0 radical (unpaired) electrons. The summed E-state index contributed by atoms with van der Waals surface area (Å²) in [4.78, 5) is 18.0. The van der Waals surface area contributed by atoms with Crippen LogP contribution in [0.3, 0.4) is 0 Å². The number of nitrogens with one attached hydrogen (secondary N) is 2. The smallest absolute Gasteiger partial charge is 0.300 e. The quantitative estimate of drug-likeness (QED) is 0.287. The molecule has 4 N–H and O–H groups in total. The minimum atomic E-state index is -0.833. The fourth-order valence-electron chi connectivity index (χ4n) is 3.27. The Labute approximate surface area is 230 Å². The van der Waals surface area contributed by atoms with Crippen LogP contribution >= 0.6 is 0 Å². The SMILES string of the molecule is CC(=O)O.CC(=O)O.COc1cc(CNCC(C)NCc2cc(OC)c(OC)c(OC)c2)cc(OC)c1OC. The van der Waals surface area contributed by atoms with Crippen molar-refractivity contribution in [2.45, 2.75) is 39.9 Å². The van der Waals surface area contributed by atoms with Gasteiger partial charge in [-0.2, -0.15) is 0 Å². The van der Waals surface area contributed by atoms with Crippen molar-refractivity contribution >= 4 is 11.9 Å². The molecule has 12 heteroatoms. The number of carboxylic acid groups (broad SMARTS) is 2. The van der Waals surface area contributed by atoms with Gasteiger partial charge in [0.05, 0.1) is 42.7 Å². The number of carbonyl (C=O) groups is 2. The Morgan fingerprint density at radius 1 is 0.667 bits per heavy atom. The van der Waals surface area contributed by atoms with Gasteiger partial charge in [0.15, 0.2) is 23.0 Å². The van der Waals surface area contributed by atoms with Crippen molar-refractivity contribution in [2.24, 2.45) is 0 Å². The Hall–Kier alpha value is -3.90. The summed E-state index contributed by atoms with van der Waals surface area (Å²) in [5.74, 6) is 2.10. The molecule has 0 aliphatic heterocycles. The maximum Gasteiger partial charge on any atom is 0.300 e. The standard InChI is InChI=1S/C23H34N2O6.2C2H4O2/c1-15(25-14-17-10-20(28-4)23(31-7)21(11-17)29-5)12-24-13-16-8-18(26-2)22(30-6)19(9-16)27-3;2*1-2(3)4/h8-11,15,24-25H,12-14H2,1-7H3;2*1H3,(H,3,4). The van der Waals surface area contributed by atoms with Crippen LogP contribution in [0.15, 0.2) is 24.3 Å². The van der Waals surface area contributed by atoms with E-state index in [-0.39, 0.29) is 6.04 Å². The normalized spacial score (nSPS) is 10.5. The lowest BCUT2D eigenvalue weighted by molar-refractivity contribution is -0.135. The van der Waals surface area contributed by atoms with Crippen LogP contribution in [0.25, 0.3) is 0 Å². The molecule has 12 nitrogen and oxygen atoms in total. The second-order valence-electron chi connectivity index (χ2n) is 8.02. The van der Waals surface area contributed by atoms with Gasteiger partial charge in [-0.25, -0.2) is 0 Å². The molecule has 1 unspecified atom stereocenters. The van der Waals surface area contributed by atoms with Crippen molar-refractivity contribution in [1.29, 1.82) is 0 Å². The van der Waals surface area contributed by atoms with Gasteiger partial charge in [-0.1, -0.05) is 0 Å². The number of ether oxygens (including phenoxy) is 6. The fourth-order valence-corrected chi connectivity index (χ4v) is 3.27. The molecule has 0 saturated carbocycles. The van der Waals surface area contributed by atoms with Crippen molar-refractivity contribution in [3.8, 4) is 34.5 Å². The van der Waals surface area contributed by atoms with Crippen LogP contribution in [0.4, 0.5) is 0 Å². The van der Waals surface area contributed by atoms with Crippen LogP contribution in [0.5, 0.6) is 34.5 Å². The van der Waals surface area contributed by atoms with Gasteiger partial charge in [-0.05, 0) is 42.3 Å². The first-order valence-corrected chi connectivity index (χ1v) is 11.9. The Morgan fingerprint density at radius 2 is 0.974 bits per heavy atom. The van der Waals surface area contributed by atoms with Gasteiger partial charge in [0.25, 0.3) is 11.9 Å². The van der Waals surface area contributed by atoms with Crippen LogP contribution in [-0.4, -0.2) is 77.4 Å². The van der Waals surface area contributed by atoms with E-state index in [0.29, 0.717) is 47.6 Å². The molecular weight excluding hydrogens is 512 g/mol. The van der Waals surface area contributed by atoms with Gasteiger partial charge in [0, 0.05) is 39.5 Å². The summed E-state index contributed by atoms with van der Waals surface area (Å²) in [6, 6.07) is 8.03.